The van der Waals surface area contributed by atoms with Gasteiger partial charge in [0.2, 0.25) is 0 Å². The number of halogens is 3. The lowest BCUT2D eigenvalue weighted by atomic mass is 9.87. The maximum absolute atomic E-state index is 12.4. The van der Waals surface area contributed by atoms with Gasteiger partial charge in [-0.2, -0.15) is 0 Å². The lowest BCUT2D eigenvalue weighted by molar-refractivity contribution is 0.0684. The van der Waals surface area contributed by atoms with Crippen LogP contribution in [0.5, 0.6) is 0 Å². The van der Waals surface area contributed by atoms with E-state index in [0.29, 0.717) is 6.54 Å². The molecule has 0 saturated heterocycles. The molecule has 11 heavy (non-hydrogen) atoms. The molecule has 1 saturated carbocycles. The van der Waals surface area contributed by atoms with Crippen molar-refractivity contribution in [3.63, 3.8) is 0 Å². The molecule has 0 aromatic rings. The minimum absolute atomic E-state index is 0. The zero-order chi connectivity index (χ0) is 7.99. The van der Waals surface area contributed by atoms with Gasteiger partial charge in [0.15, 0.2) is 0 Å². The second-order valence-electron chi connectivity index (χ2n) is 3.71. The van der Waals surface area contributed by atoms with Crippen LogP contribution in [0, 0.1) is 11.3 Å². The van der Waals surface area contributed by atoms with E-state index in [2.05, 4.69) is 0 Å². The normalized spacial score (nSPS) is 27.5. The van der Waals surface area contributed by atoms with Gasteiger partial charge in [-0.05, 0) is 12.0 Å². The third-order valence-electron chi connectivity index (χ3n) is 2.30. The highest BCUT2D eigenvalue weighted by Gasteiger charge is 2.62. The summed E-state index contributed by atoms with van der Waals surface area (Å²) in [5, 5.41) is 0. The van der Waals surface area contributed by atoms with Crippen LogP contribution in [0.4, 0.5) is 8.78 Å². The topological polar surface area (TPSA) is 26.0 Å². The summed E-state index contributed by atoms with van der Waals surface area (Å²) < 4.78 is 24.8. The summed E-state index contributed by atoms with van der Waals surface area (Å²) in [6.07, 6.45) is 0.0250. The van der Waals surface area contributed by atoms with Crippen LogP contribution < -0.4 is 5.73 Å². The molecule has 0 radical (unpaired) electrons. The molecule has 0 aromatic heterocycles. The number of hydrogen-bond donors (Lipinski definition) is 1. The number of alkyl halides is 2. The van der Waals surface area contributed by atoms with Crippen LogP contribution in [-0.2, 0) is 0 Å². The van der Waals surface area contributed by atoms with E-state index in [4.69, 9.17) is 5.73 Å². The Hall–Kier alpha value is 0.110. The quantitative estimate of drug-likeness (QED) is 0.700. The number of nitrogens with two attached hydrogens (primary N) is 1. The second kappa shape index (κ2) is 2.87. The van der Waals surface area contributed by atoms with Crippen molar-refractivity contribution < 1.29 is 8.78 Å². The molecule has 0 spiro atoms. The summed E-state index contributed by atoms with van der Waals surface area (Å²) in [5.74, 6) is -2.91. The van der Waals surface area contributed by atoms with Crippen LogP contribution in [0.3, 0.4) is 0 Å². The van der Waals surface area contributed by atoms with Crippen molar-refractivity contribution in [1.82, 2.24) is 0 Å². The third-order valence-corrected chi connectivity index (χ3v) is 2.30. The van der Waals surface area contributed by atoms with Crippen LogP contribution in [0.25, 0.3) is 0 Å². The summed E-state index contributed by atoms with van der Waals surface area (Å²) in [7, 11) is 0. The van der Waals surface area contributed by atoms with E-state index in [9.17, 15) is 8.78 Å². The second-order valence-corrected chi connectivity index (χ2v) is 3.71. The first-order valence-corrected chi connectivity index (χ1v) is 3.48. The van der Waals surface area contributed by atoms with Crippen LogP contribution in [0.2, 0.25) is 0 Å². The van der Waals surface area contributed by atoms with E-state index in [-0.39, 0.29) is 24.2 Å². The average molecular weight is 186 g/mol. The van der Waals surface area contributed by atoms with Crippen molar-refractivity contribution >= 4 is 12.4 Å². The van der Waals surface area contributed by atoms with Crippen LogP contribution in [-0.4, -0.2) is 12.5 Å². The highest BCUT2D eigenvalue weighted by Crippen LogP contribution is 2.57. The SMILES string of the molecule is CC(C)(CN)C1CC1(F)F.Cl. The summed E-state index contributed by atoms with van der Waals surface area (Å²) in [5.41, 5.74) is 4.95. The fourth-order valence-corrected chi connectivity index (χ4v) is 1.20. The molecule has 1 rings (SSSR count). The Morgan fingerprint density at radius 1 is 1.55 bits per heavy atom. The molecule has 1 atom stereocenters. The van der Waals surface area contributed by atoms with E-state index in [1.165, 1.54) is 0 Å². The Balaban J connectivity index is 0.000001000. The maximum Gasteiger partial charge on any atom is 0.252 e. The van der Waals surface area contributed by atoms with Gasteiger partial charge in [0.25, 0.3) is 5.92 Å². The molecule has 1 aliphatic rings. The van der Waals surface area contributed by atoms with Gasteiger partial charge in [0.05, 0.1) is 0 Å². The lowest BCUT2D eigenvalue weighted by Gasteiger charge is -2.21. The van der Waals surface area contributed by atoms with Crippen LogP contribution >= 0.6 is 12.4 Å². The predicted octanol–water partition coefficient (Wildman–Crippen LogP) is 2.05. The summed E-state index contributed by atoms with van der Waals surface area (Å²) in [6.45, 7) is 3.92. The zero-order valence-corrected chi connectivity index (χ0v) is 7.55. The van der Waals surface area contributed by atoms with Crippen molar-refractivity contribution in [2.24, 2.45) is 17.1 Å². The average Bonchev–Trinajstić information content (AvgIpc) is 2.41. The molecule has 4 heteroatoms. The number of rotatable bonds is 2. The van der Waals surface area contributed by atoms with Crippen molar-refractivity contribution in [2.75, 3.05) is 6.54 Å². The van der Waals surface area contributed by atoms with Gasteiger partial charge >= 0.3 is 0 Å². The van der Waals surface area contributed by atoms with Gasteiger partial charge in [-0.15, -0.1) is 12.4 Å². The van der Waals surface area contributed by atoms with E-state index < -0.39 is 11.8 Å². The van der Waals surface area contributed by atoms with E-state index >= 15 is 0 Å². The van der Waals surface area contributed by atoms with E-state index in [1.807, 2.05) is 0 Å². The zero-order valence-electron chi connectivity index (χ0n) is 6.73. The van der Waals surface area contributed by atoms with E-state index in [0.717, 1.165) is 0 Å². The third kappa shape index (κ3) is 2.03. The fourth-order valence-electron chi connectivity index (χ4n) is 1.20. The Kier molecular flexibility index (Phi) is 2.89. The molecule has 1 fully saturated rings. The van der Waals surface area contributed by atoms with Gasteiger partial charge in [-0.25, -0.2) is 8.78 Å². The first-order chi connectivity index (χ1) is 4.40. The molecule has 0 amide bonds. The van der Waals surface area contributed by atoms with Gasteiger partial charge in [0.1, 0.15) is 0 Å². The first-order valence-electron chi connectivity index (χ1n) is 3.48. The standard InChI is InChI=1S/C7H13F2N.ClH/c1-6(2,4-10)5-3-7(5,8)9;/h5H,3-4,10H2,1-2H3;1H. The highest BCUT2D eigenvalue weighted by molar-refractivity contribution is 5.85. The molecule has 0 aromatic carbocycles. The predicted molar refractivity (Wildman–Crippen MR) is 43.1 cm³/mol. The monoisotopic (exact) mass is 185 g/mol. The van der Waals surface area contributed by atoms with Crippen molar-refractivity contribution in [2.45, 2.75) is 26.2 Å². The minimum Gasteiger partial charge on any atom is -0.330 e. The molecule has 2 N–H and O–H groups in total. The molecular formula is C7H14ClF2N. The molecule has 1 nitrogen and oxygen atoms in total. The van der Waals surface area contributed by atoms with Crippen LogP contribution in [0.15, 0.2) is 0 Å². The smallest absolute Gasteiger partial charge is 0.252 e. The number of hydrogen-bond acceptors (Lipinski definition) is 1. The minimum atomic E-state index is -2.43. The largest absolute Gasteiger partial charge is 0.330 e. The molecule has 1 aliphatic carbocycles. The van der Waals surface area contributed by atoms with Gasteiger partial charge in [-0.1, -0.05) is 13.8 Å². The summed E-state index contributed by atoms with van der Waals surface area (Å²) in [4.78, 5) is 0. The Morgan fingerprint density at radius 2 is 1.91 bits per heavy atom. The fraction of sp³-hybridized carbons (Fsp3) is 1.00. The Morgan fingerprint density at radius 3 is 2.00 bits per heavy atom. The molecule has 68 valence electrons. The van der Waals surface area contributed by atoms with Gasteiger partial charge < -0.3 is 5.73 Å². The molecule has 1 unspecified atom stereocenters. The van der Waals surface area contributed by atoms with Gasteiger partial charge in [-0.3, -0.25) is 0 Å². The summed E-state index contributed by atoms with van der Waals surface area (Å²) >= 11 is 0. The Labute approximate surface area is 71.7 Å². The van der Waals surface area contributed by atoms with Crippen molar-refractivity contribution in [3.05, 3.63) is 0 Å². The molecular weight excluding hydrogens is 172 g/mol. The molecule has 0 bridgehead atoms. The van der Waals surface area contributed by atoms with Crippen LogP contribution in [0.1, 0.15) is 20.3 Å². The molecule has 0 heterocycles. The lowest BCUT2D eigenvalue weighted by Crippen LogP contribution is -2.28. The Bertz CT molecular complexity index is 147. The van der Waals surface area contributed by atoms with Gasteiger partial charge in [0, 0.05) is 12.3 Å². The highest BCUT2D eigenvalue weighted by atomic mass is 35.5. The maximum atomic E-state index is 12.4. The van der Waals surface area contributed by atoms with Crippen molar-refractivity contribution in [3.8, 4) is 0 Å². The summed E-state index contributed by atoms with van der Waals surface area (Å²) in [6, 6.07) is 0. The first kappa shape index (κ1) is 11.1. The van der Waals surface area contributed by atoms with Crippen molar-refractivity contribution in [1.29, 1.82) is 0 Å². The van der Waals surface area contributed by atoms with E-state index in [1.54, 1.807) is 13.8 Å². The molecule has 0 aliphatic heterocycles.